The molecule has 0 saturated carbocycles. The summed E-state index contributed by atoms with van der Waals surface area (Å²) in [6, 6.07) is 5.19. The first-order valence-electron chi connectivity index (χ1n) is 9.58. The predicted molar refractivity (Wildman–Crippen MR) is 109 cm³/mol. The Morgan fingerprint density at radius 2 is 1.68 bits per heavy atom. The van der Waals surface area contributed by atoms with Crippen molar-refractivity contribution in [3.05, 3.63) is 54.1 Å². The van der Waals surface area contributed by atoms with E-state index >= 15 is 0 Å². The van der Waals surface area contributed by atoms with Crippen molar-refractivity contribution < 1.29 is 29.4 Å². The van der Waals surface area contributed by atoms with E-state index in [0.29, 0.717) is 11.3 Å². The van der Waals surface area contributed by atoms with Gasteiger partial charge in [-0.3, -0.25) is 14.4 Å². The van der Waals surface area contributed by atoms with Gasteiger partial charge in [-0.15, -0.1) is 0 Å². The first-order valence-corrected chi connectivity index (χ1v) is 9.58. The maximum atomic E-state index is 12.7. The number of benzene rings is 1. The van der Waals surface area contributed by atoms with Gasteiger partial charge in [0.2, 0.25) is 11.8 Å². The van der Waals surface area contributed by atoms with Crippen molar-refractivity contribution in [2.75, 3.05) is 0 Å². The summed E-state index contributed by atoms with van der Waals surface area (Å²) in [5.41, 5.74) is 7.17. The number of nitrogens with zero attached hydrogens (tertiary/aromatic N) is 1. The zero-order valence-electron chi connectivity index (χ0n) is 16.7. The molecular weight excluding hydrogens is 406 g/mol. The monoisotopic (exact) mass is 431 g/mol. The fourth-order valence-corrected chi connectivity index (χ4v) is 2.86. The number of carboxylic acids is 2. The maximum absolute atomic E-state index is 12.7. The van der Waals surface area contributed by atoms with E-state index in [1.165, 1.54) is 12.5 Å². The number of aromatic amines is 1. The predicted octanol–water partition coefficient (Wildman–Crippen LogP) is -0.559. The van der Waals surface area contributed by atoms with Gasteiger partial charge in [0.15, 0.2) is 0 Å². The first kappa shape index (κ1) is 23.5. The summed E-state index contributed by atoms with van der Waals surface area (Å²) >= 11 is 0. The molecule has 0 fully saturated rings. The van der Waals surface area contributed by atoms with Gasteiger partial charge in [0, 0.05) is 31.2 Å². The highest BCUT2D eigenvalue weighted by Gasteiger charge is 2.28. The molecule has 1 heterocycles. The molecule has 7 N–H and O–H groups in total. The molecule has 0 saturated heterocycles. The molecule has 0 bridgehead atoms. The van der Waals surface area contributed by atoms with E-state index in [9.17, 15) is 24.3 Å². The van der Waals surface area contributed by atoms with Gasteiger partial charge in [-0.2, -0.15) is 0 Å². The molecule has 3 atom stereocenters. The third kappa shape index (κ3) is 7.90. The number of aromatic nitrogens is 2. The van der Waals surface area contributed by atoms with Crippen molar-refractivity contribution in [1.82, 2.24) is 20.6 Å². The van der Waals surface area contributed by atoms with Crippen LogP contribution in [-0.4, -0.2) is 62.1 Å². The highest BCUT2D eigenvalue weighted by atomic mass is 16.4. The number of rotatable bonds is 12. The van der Waals surface area contributed by atoms with Crippen LogP contribution in [0.25, 0.3) is 0 Å². The molecule has 2 aromatic rings. The number of carboxylic acid groups (broad SMARTS) is 2. The average Bonchev–Trinajstić information content (AvgIpc) is 3.23. The third-order valence-electron chi connectivity index (χ3n) is 4.51. The maximum Gasteiger partial charge on any atom is 0.326 e. The zero-order chi connectivity index (χ0) is 22.8. The standard InChI is InChI=1S/C20H25N5O6/c21-14(9-13-10-22-11-23-13)18(28)24-15(6-7-17(26)27)19(29)25-16(20(30)31)8-12-4-2-1-3-5-12/h1-5,10-11,14-16H,6-9,21H2,(H,22,23)(H,24,28)(H,25,29)(H,26,27)(H,30,31). The van der Waals surface area contributed by atoms with Gasteiger partial charge >= 0.3 is 11.9 Å². The molecule has 31 heavy (non-hydrogen) atoms. The van der Waals surface area contributed by atoms with Crippen LogP contribution in [0.1, 0.15) is 24.1 Å². The molecule has 11 nitrogen and oxygen atoms in total. The summed E-state index contributed by atoms with van der Waals surface area (Å²) in [5.74, 6) is -3.88. The quantitative estimate of drug-likeness (QED) is 0.258. The Hall–Kier alpha value is -3.73. The zero-order valence-corrected chi connectivity index (χ0v) is 16.7. The van der Waals surface area contributed by atoms with Crippen LogP contribution >= 0.6 is 0 Å². The summed E-state index contributed by atoms with van der Waals surface area (Å²) < 4.78 is 0. The Labute approximate surface area is 178 Å². The topological polar surface area (TPSA) is 188 Å². The Balaban J connectivity index is 2.05. The number of hydrogen-bond donors (Lipinski definition) is 6. The number of nitrogens with two attached hydrogens (primary N) is 1. The molecule has 11 heteroatoms. The van der Waals surface area contributed by atoms with Crippen LogP contribution in [0.15, 0.2) is 42.9 Å². The van der Waals surface area contributed by atoms with Gasteiger partial charge in [0.05, 0.1) is 12.4 Å². The van der Waals surface area contributed by atoms with E-state index < -0.39 is 48.3 Å². The van der Waals surface area contributed by atoms with Crippen LogP contribution in [0, 0.1) is 0 Å². The van der Waals surface area contributed by atoms with Crippen LogP contribution < -0.4 is 16.4 Å². The average molecular weight is 431 g/mol. The summed E-state index contributed by atoms with van der Waals surface area (Å²) in [4.78, 5) is 54.3. The second kappa shape index (κ2) is 11.5. The van der Waals surface area contributed by atoms with Gasteiger partial charge in [-0.05, 0) is 12.0 Å². The molecule has 0 aliphatic rings. The lowest BCUT2D eigenvalue weighted by molar-refractivity contribution is -0.143. The summed E-state index contributed by atoms with van der Waals surface area (Å²) in [6.07, 6.45) is 2.47. The van der Waals surface area contributed by atoms with Crippen molar-refractivity contribution in [1.29, 1.82) is 0 Å². The molecule has 2 rings (SSSR count). The Bertz CT molecular complexity index is 887. The molecule has 0 aliphatic heterocycles. The lowest BCUT2D eigenvalue weighted by Gasteiger charge is -2.22. The summed E-state index contributed by atoms with van der Waals surface area (Å²) in [5, 5.41) is 23.2. The number of amides is 2. The van der Waals surface area contributed by atoms with Gasteiger partial charge in [-0.1, -0.05) is 30.3 Å². The number of aliphatic carboxylic acids is 2. The number of carbonyl (C=O) groups excluding carboxylic acids is 2. The summed E-state index contributed by atoms with van der Waals surface area (Å²) in [7, 11) is 0. The first-order chi connectivity index (χ1) is 14.8. The minimum atomic E-state index is -1.26. The van der Waals surface area contributed by atoms with Crippen molar-refractivity contribution in [3.63, 3.8) is 0 Å². The van der Waals surface area contributed by atoms with Crippen LogP contribution in [-0.2, 0) is 32.0 Å². The highest BCUT2D eigenvalue weighted by molar-refractivity contribution is 5.92. The number of imidazole rings is 1. The van der Waals surface area contributed by atoms with E-state index in [1.54, 1.807) is 30.3 Å². The van der Waals surface area contributed by atoms with E-state index in [0.717, 1.165) is 0 Å². The third-order valence-corrected chi connectivity index (χ3v) is 4.51. The largest absolute Gasteiger partial charge is 0.481 e. The van der Waals surface area contributed by atoms with Gasteiger partial charge in [0.1, 0.15) is 12.1 Å². The smallest absolute Gasteiger partial charge is 0.326 e. The number of H-pyrrole nitrogens is 1. The SMILES string of the molecule is NC(Cc1cnc[nH]1)C(=O)NC(CCC(=O)O)C(=O)NC(Cc1ccccc1)C(=O)O. The van der Waals surface area contributed by atoms with Crippen molar-refractivity contribution in [2.45, 2.75) is 43.8 Å². The number of hydrogen-bond acceptors (Lipinski definition) is 6. The minimum Gasteiger partial charge on any atom is -0.481 e. The Kier molecular flexibility index (Phi) is 8.70. The molecule has 0 spiro atoms. The molecule has 1 aromatic heterocycles. The normalized spacial score (nSPS) is 13.6. The lowest BCUT2D eigenvalue weighted by Crippen LogP contribution is -2.55. The van der Waals surface area contributed by atoms with Crippen LogP contribution in [0.2, 0.25) is 0 Å². The minimum absolute atomic E-state index is 0.0286. The molecule has 166 valence electrons. The van der Waals surface area contributed by atoms with Crippen LogP contribution in [0.5, 0.6) is 0 Å². The number of carbonyl (C=O) groups is 4. The Morgan fingerprint density at radius 1 is 1.00 bits per heavy atom. The molecule has 0 radical (unpaired) electrons. The molecule has 0 aliphatic carbocycles. The van der Waals surface area contributed by atoms with E-state index in [1.807, 2.05) is 0 Å². The van der Waals surface area contributed by atoms with E-state index in [-0.39, 0.29) is 19.3 Å². The van der Waals surface area contributed by atoms with Gasteiger partial charge in [-0.25, -0.2) is 9.78 Å². The van der Waals surface area contributed by atoms with Crippen molar-refractivity contribution in [3.8, 4) is 0 Å². The van der Waals surface area contributed by atoms with Crippen LogP contribution in [0.3, 0.4) is 0 Å². The van der Waals surface area contributed by atoms with Crippen LogP contribution in [0.4, 0.5) is 0 Å². The van der Waals surface area contributed by atoms with E-state index in [2.05, 4.69) is 20.6 Å². The Morgan fingerprint density at radius 3 is 2.26 bits per heavy atom. The van der Waals surface area contributed by atoms with Crippen molar-refractivity contribution >= 4 is 23.8 Å². The van der Waals surface area contributed by atoms with Gasteiger partial charge in [0.25, 0.3) is 0 Å². The van der Waals surface area contributed by atoms with E-state index in [4.69, 9.17) is 10.8 Å². The fourth-order valence-electron chi connectivity index (χ4n) is 2.86. The molecule has 1 aromatic carbocycles. The number of nitrogens with one attached hydrogen (secondary N) is 3. The van der Waals surface area contributed by atoms with Gasteiger partial charge < -0.3 is 31.6 Å². The second-order valence-electron chi connectivity index (χ2n) is 6.97. The lowest BCUT2D eigenvalue weighted by atomic mass is 10.0. The summed E-state index contributed by atoms with van der Waals surface area (Å²) in [6.45, 7) is 0. The molecule has 2 amide bonds. The second-order valence-corrected chi connectivity index (χ2v) is 6.97. The molecule has 3 unspecified atom stereocenters. The van der Waals surface area contributed by atoms with Crippen molar-refractivity contribution in [2.24, 2.45) is 5.73 Å². The highest BCUT2D eigenvalue weighted by Crippen LogP contribution is 2.06. The molecular formula is C20H25N5O6. The fraction of sp³-hybridized carbons (Fsp3) is 0.350.